The van der Waals surface area contributed by atoms with Crippen LogP contribution in [0.3, 0.4) is 0 Å². The van der Waals surface area contributed by atoms with Crippen LogP contribution in [-0.2, 0) is 4.79 Å². The predicted molar refractivity (Wildman–Crippen MR) is 69.4 cm³/mol. The molecule has 1 rings (SSSR count). The summed E-state index contributed by atoms with van der Waals surface area (Å²) in [7, 11) is 0. The number of hydrogen-bond acceptors (Lipinski definition) is 2. The van der Waals surface area contributed by atoms with Crippen LogP contribution >= 0.6 is 0 Å². The van der Waals surface area contributed by atoms with E-state index in [4.69, 9.17) is 5.11 Å². The third-order valence-electron chi connectivity index (χ3n) is 3.36. The molecule has 1 saturated heterocycles. The van der Waals surface area contributed by atoms with Crippen LogP contribution in [0.25, 0.3) is 0 Å². The number of hydrogen-bond donors (Lipinski definition) is 1. The third-order valence-corrected chi connectivity index (χ3v) is 3.36. The molecule has 0 bridgehead atoms. The van der Waals surface area contributed by atoms with Crippen molar-refractivity contribution >= 4 is 12.0 Å². The Morgan fingerprint density at radius 1 is 1.39 bits per heavy atom. The number of likely N-dealkylation sites (tertiary alicyclic amines) is 1. The van der Waals surface area contributed by atoms with Crippen LogP contribution in [0.5, 0.6) is 0 Å². The number of amides is 2. The summed E-state index contributed by atoms with van der Waals surface area (Å²) in [5, 5.41) is 8.84. The maximum atomic E-state index is 12.4. The fraction of sp³-hybridized carbons (Fsp3) is 0.692. The van der Waals surface area contributed by atoms with Gasteiger partial charge in [0, 0.05) is 18.6 Å². The Kier molecular flexibility index (Phi) is 5.19. The van der Waals surface area contributed by atoms with Gasteiger partial charge in [-0.3, -0.25) is 4.79 Å². The molecule has 0 saturated carbocycles. The maximum absolute atomic E-state index is 12.4. The summed E-state index contributed by atoms with van der Waals surface area (Å²) in [5.41, 5.74) is 0. The molecule has 2 unspecified atom stereocenters. The Bertz CT molecular complexity index is 320. The van der Waals surface area contributed by atoms with Gasteiger partial charge in [0.2, 0.25) is 0 Å². The number of carboxylic acid groups (broad SMARTS) is 1. The number of rotatable bonds is 4. The molecular formula is C13H22N2O3. The van der Waals surface area contributed by atoms with Crippen LogP contribution in [-0.4, -0.2) is 52.1 Å². The zero-order chi connectivity index (χ0) is 13.7. The van der Waals surface area contributed by atoms with Crippen molar-refractivity contribution in [1.29, 1.82) is 0 Å². The second-order valence-electron chi connectivity index (χ2n) is 4.88. The average molecular weight is 254 g/mol. The molecule has 18 heavy (non-hydrogen) atoms. The number of carbonyl (C=O) groups is 2. The standard InChI is InChI=1S/C13H22N2O3/c1-4-8-14(9-12(16)17)13(18)15-10(2)6-5-7-11(15)3/h4,10-11H,1,5-9H2,2-3H3,(H,16,17). The molecule has 5 heteroatoms. The van der Waals surface area contributed by atoms with Crippen LogP contribution in [0, 0.1) is 0 Å². The Morgan fingerprint density at radius 3 is 2.39 bits per heavy atom. The zero-order valence-corrected chi connectivity index (χ0v) is 11.1. The highest BCUT2D eigenvalue weighted by atomic mass is 16.4. The average Bonchev–Trinajstić information content (AvgIpc) is 2.27. The lowest BCUT2D eigenvalue weighted by Crippen LogP contribution is -2.54. The number of piperidine rings is 1. The molecule has 0 aromatic rings. The van der Waals surface area contributed by atoms with E-state index in [-0.39, 0.29) is 31.2 Å². The van der Waals surface area contributed by atoms with E-state index in [1.807, 2.05) is 13.8 Å². The van der Waals surface area contributed by atoms with Gasteiger partial charge in [-0.25, -0.2) is 4.79 Å². The first-order valence-electron chi connectivity index (χ1n) is 6.37. The van der Waals surface area contributed by atoms with Gasteiger partial charge in [-0.15, -0.1) is 6.58 Å². The summed E-state index contributed by atoms with van der Waals surface area (Å²) in [6, 6.07) is 0.140. The molecule has 1 heterocycles. The highest BCUT2D eigenvalue weighted by Gasteiger charge is 2.32. The zero-order valence-electron chi connectivity index (χ0n) is 11.1. The molecule has 2 amide bonds. The van der Waals surface area contributed by atoms with Gasteiger partial charge in [0.05, 0.1) is 0 Å². The number of carboxylic acids is 1. The van der Waals surface area contributed by atoms with Crippen molar-refractivity contribution < 1.29 is 14.7 Å². The summed E-state index contributed by atoms with van der Waals surface area (Å²) >= 11 is 0. The molecule has 1 aliphatic rings. The largest absolute Gasteiger partial charge is 0.480 e. The molecule has 1 N–H and O–H groups in total. The first-order chi connectivity index (χ1) is 8.47. The second kappa shape index (κ2) is 6.42. The predicted octanol–water partition coefficient (Wildman–Crippen LogP) is 1.94. The number of urea groups is 1. The smallest absolute Gasteiger partial charge is 0.323 e. The van der Waals surface area contributed by atoms with Crippen molar-refractivity contribution in [1.82, 2.24) is 9.80 Å². The van der Waals surface area contributed by atoms with E-state index in [9.17, 15) is 9.59 Å². The topological polar surface area (TPSA) is 60.9 Å². The minimum Gasteiger partial charge on any atom is -0.480 e. The molecule has 0 aromatic heterocycles. The summed E-state index contributed by atoms with van der Waals surface area (Å²) in [6.07, 6.45) is 4.63. The van der Waals surface area contributed by atoms with Crippen LogP contribution in [0.1, 0.15) is 33.1 Å². The Morgan fingerprint density at radius 2 is 1.94 bits per heavy atom. The number of carbonyl (C=O) groups excluding carboxylic acids is 1. The van der Waals surface area contributed by atoms with E-state index in [1.54, 1.807) is 11.0 Å². The van der Waals surface area contributed by atoms with Gasteiger partial charge in [-0.2, -0.15) is 0 Å². The first kappa shape index (κ1) is 14.5. The fourth-order valence-corrected chi connectivity index (χ4v) is 2.49. The van der Waals surface area contributed by atoms with Gasteiger partial charge in [0.25, 0.3) is 0 Å². The van der Waals surface area contributed by atoms with Gasteiger partial charge in [0.1, 0.15) is 6.54 Å². The van der Waals surface area contributed by atoms with E-state index in [0.29, 0.717) is 0 Å². The normalized spacial score (nSPS) is 23.6. The lowest BCUT2D eigenvalue weighted by atomic mass is 9.98. The second-order valence-corrected chi connectivity index (χ2v) is 4.88. The Labute approximate surface area is 108 Å². The van der Waals surface area contributed by atoms with Gasteiger partial charge in [-0.1, -0.05) is 6.08 Å². The van der Waals surface area contributed by atoms with Crippen LogP contribution in [0.4, 0.5) is 4.79 Å². The summed E-state index contributed by atoms with van der Waals surface area (Å²) < 4.78 is 0. The van der Waals surface area contributed by atoms with E-state index in [0.717, 1.165) is 19.3 Å². The van der Waals surface area contributed by atoms with E-state index < -0.39 is 5.97 Å². The first-order valence-corrected chi connectivity index (χ1v) is 6.37. The van der Waals surface area contributed by atoms with Crippen molar-refractivity contribution in [3.63, 3.8) is 0 Å². The molecule has 0 spiro atoms. The van der Waals surface area contributed by atoms with E-state index in [2.05, 4.69) is 6.58 Å². The van der Waals surface area contributed by atoms with Gasteiger partial charge >= 0.3 is 12.0 Å². The quantitative estimate of drug-likeness (QED) is 0.780. The molecule has 0 aliphatic carbocycles. The molecular weight excluding hydrogens is 232 g/mol. The fourth-order valence-electron chi connectivity index (χ4n) is 2.49. The number of nitrogens with zero attached hydrogens (tertiary/aromatic N) is 2. The van der Waals surface area contributed by atoms with Crippen LogP contribution < -0.4 is 0 Å². The number of aliphatic carboxylic acids is 1. The van der Waals surface area contributed by atoms with Gasteiger partial charge in [0.15, 0.2) is 0 Å². The van der Waals surface area contributed by atoms with Crippen LogP contribution in [0.15, 0.2) is 12.7 Å². The molecule has 0 radical (unpaired) electrons. The molecule has 102 valence electrons. The van der Waals surface area contributed by atoms with Crippen molar-refractivity contribution in [2.24, 2.45) is 0 Å². The van der Waals surface area contributed by atoms with E-state index in [1.165, 1.54) is 4.90 Å². The monoisotopic (exact) mass is 254 g/mol. The highest BCUT2D eigenvalue weighted by Crippen LogP contribution is 2.23. The molecule has 2 atom stereocenters. The van der Waals surface area contributed by atoms with E-state index >= 15 is 0 Å². The van der Waals surface area contributed by atoms with Crippen LogP contribution in [0.2, 0.25) is 0 Å². The lowest BCUT2D eigenvalue weighted by Gasteiger charge is -2.41. The SMILES string of the molecule is C=CCN(CC(=O)O)C(=O)N1C(C)CCCC1C. The van der Waals surface area contributed by atoms with Gasteiger partial charge in [-0.05, 0) is 33.1 Å². The minimum absolute atomic E-state index is 0.169. The Balaban J connectivity index is 2.79. The summed E-state index contributed by atoms with van der Waals surface area (Å²) in [4.78, 5) is 26.3. The van der Waals surface area contributed by atoms with Gasteiger partial charge < -0.3 is 14.9 Å². The minimum atomic E-state index is -0.998. The van der Waals surface area contributed by atoms with Crippen molar-refractivity contribution in [2.75, 3.05) is 13.1 Å². The molecule has 1 fully saturated rings. The van der Waals surface area contributed by atoms with Crippen molar-refractivity contribution in [3.8, 4) is 0 Å². The molecule has 1 aliphatic heterocycles. The Hall–Kier alpha value is -1.52. The van der Waals surface area contributed by atoms with Crippen molar-refractivity contribution in [3.05, 3.63) is 12.7 Å². The third kappa shape index (κ3) is 3.48. The molecule has 5 nitrogen and oxygen atoms in total. The summed E-state index contributed by atoms with van der Waals surface area (Å²) in [6.45, 7) is 7.58. The molecule has 0 aromatic carbocycles. The maximum Gasteiger partial charge on any atom is 0.323 e. The van der Waals surface area contributed by atoms with Crippen molar-refractivity contribution in [2.45, 2.75) is 45.2 Å². The lowest BCUT2D eigenvalue weighted by molar-refractivity contribution is -0.137. The summed E-state index contributed by atoms with van der Waals surface area (Å²) in [5.74, 6) is -0.998. The highest BCUT2D eigenvalue weighted by molar-refractivity contribution is 5.80.